The van der Waals surface area contributed by atoms with Gasteiger partial charge in [0.1, 0.15) is 5.75 Å². The Kier molecular flexibility index (Phi) is 7.47. The maximum absolute atomic E-state index is 12.5. The van der Waals surface area contributed by atoms with Crippen LogP contribution in [0.1, 0.15) is 49.9 Å². The molecule has 0 unspecified atom stereocenters. The number of ether oxygens (including phenoxy) is 1. The van der Waals surface area contributed by atoms with E-state index in [9.17, 15) is 4.79 Å². The van der Waals surface area contributed by atoms with Crippen LogP contribution < -0.4 is 20.7 Å². The van der Waals surface area contributed by atoms with Gasteiger partial charge in [-0.05, 0) is 86.4 Å². The lowest BCUT2D eigenvalue weighted by molar-refractivity contribution is 0.102. The van der Waals surface area contributed by atoms with Gasteiger partial charge >= 0.3 is 0 Å². The first kappa shape index (κ1) is 21.1. The third kappa shape index (κ3) is 6.19. The SMILES string of the molecule is CCOc1ccc(NC(=O)c2ccc(NC(=S)N[C@@H]3CCCC[C@H]3C)cc2)cc1. The Balaban J connectivity index is 1.52. The lowest BCUT2D eigenvalue weighted by Crippen LogP contribution is -2.43. The number of hydrogen-bond acceptors (Lipinski definition) is 3. The minimum Gasteiger partial charge on any atom is -0.494 e. The van der Waals surface area contributed by atoms with Gasteiger partial charge in [0.25, 0.3) is 5.91 Å². The van der Waals surface area contributed by atoms with Crippen LogP contribution in [-0.4, -0.2) is 23.7 Å². The molecule has 3 rings (SSSR count). The van der Waals surface area contributed by atoms with E-state index in [4.69, 9.17) is 17.0 Å². The number of anilines is 2. The summed E-state index contributed by atoms with van der Waals surface area (Å²) < 4.78 is 5.41. The summed E-state index contributed by atoms with van der Waals surface area (Å²) in [7, 11) is 0. The molecular weight excluding hydrogens is 382 g/mol. The normalized spacial score (nSPS) is 18.6. The molecule has 2 atom stereocenters. The van der Waals surface area contributed by atoms with Crippen LogP contribution in [-0.2, 0) is 0 Å². The van der Waals surface area contributed by atoms with E-state index in [2.05, 4.69) is 22.9 Å². The van der Waals surface area contributed by atoms with Crippen LogP contribution in [0.25, 0.3) is 0 Å². The average molecular weight is 412 g/mol. The van der Waals surface area contributed by atoms with Crippen molar-refractivity contribution in [2.24, 2.45) is 5.92 Å². The number of nitrogens with one attached hydrogen (secondary N) is 3. The second kappa shape index (κ2) is 10.3. The van der Waals surface area contributed by atoms with Crippen molar-refractivity contribution in [1.82, 2.24) is 5.32 Å². The molecule has 1 aliphatic rings. The summed E-state index contributed by atoms with van der Waals surface area (Å²) in [5, 5.41) is 10.2. The maximum atomic E-state index is 12.5. The largest absolute Gasteiger partial charge is 0.494 e. The number of carbonyl (C=O) groups is 1. The highest BCUT2D eigenvalue weighted by atomic mass is 32.1. The highest BCUT2D eigenvalue weighted by molar-refractivity contribution is 7.80. The lowest BCUT2D eigenvalue weighted by atomic mass is 9.86. The van der Waals surface area contributed by atoms with Crippen LogP contribution in [0.2, 0.25) is 0 Å². The van der Waals surface area contributed by atoms with E-state index in [0.717, 1.165) is 23.5 Å². The van der Waals surface area contributed by atoms with Crippen LogP contribution >= 0.6 is 12.2 Å². The van der Waals surface area contributed by atoms with E-state index in [1.807, 2.05) is 43.3 Å². The first-order valence-corrected chi connectivity index (χ1v) is 10.7. The van der Waals surface area contributed by atoms with Crippen LogP contribution in [0.15, 0.2) is 48.5 Å². The third-order valence-electron chi connectivity index (χ3n) is 5.26. The van der Waals surface area contributed by atoms with Gasteiger partial charge in [-0.1, -0.05) is 19.8 Å². The number of thiocarbonyl (C=S) groups is 1. The summed E-state index contributed by atoms with van der Waals surface area (Å²) >= 11 is 5.46. The highest BCUT2D eigenvalue weighted by Crippen LogP contribution is 2.24. The monoisotopic (exact) mass is 411 g/mol. The van der Waals surface area contributed by atoms with Crippen LogP contribution in [0, 0.1) is 5.92 Å². The van der Waals surface area contributed by atoms with Crippen molar-refractivity contribution >= 4 is 34.6 Å². The van der Waals surface area contributed by atoms with E-state index in [1.165, 1.54) is 19.3 Å². The van der Waals surface area contributed by atoms with Gasteiger partial charge in [0, 0.05) is 23.0 Å². The lowest BCUT2D eigenvalue weighted by Gasteiger charge is -2.30. The van der Waals surface area contributed by atoms with Crippen molar-refractivity contribution in [2.45, 2.75) is 45.6 Å². The summed E-state index contributed by atoms with van der Waals surface area (Å²) in [6, 6.07) is 15.1. The zero-order valence-corrected chi connectivity index (χ0v) is 17.9. The Labute approximate surface area is 178 Å². The number of rotatable bonds is 6. The fourth-order valence-electron chi connectivity index (χ4n) is 3.58. The minimum atomic E-state index is -0.155. The molecule has 0 aromatic heterocycles. The van der Waals surface area contributed by atoms with Crippen molar-refractivity contribution in [3.8, 4) is 5.75 Å². The number of amides is 1. The molecule has 5 nitrogen and oxygen atoms in total. The first-order valence-electron chi connectivity index (χ1n) is 10.3. The van der Waals surface area contributed by atoms with Gasteiger partial charge in [-0.3, -0.25) is 4.79 Å². The standard InChI is InChI=1S/C23H29N3O2S/c1-3-28-20-14-12-18(13-15-20)24-22(27)17-8-10-19(11-9-17)25-23(29)26-21-7-5-4-6-16(21)2/h8-16,21H,3-7H2,1-2H3,(H,24,27)(H2,25,26,29)/t16-,21-/m1/s1. The van der Waals surface area contributed by atoms with E-state index >= 15 is 0 Å². The quantitative estimate of drug-likeness (QED) is 0.570. The molecule has 1 aliphatic carbocycles. The predicted molar refractivity (Wildman–Crippen MR) is 123 cm³/mol. The molecule has 0 bridgehead atoms. The van der Waals surface area contributed by atoms with Gasteiger partial charge in [0.15, 0.2) is 5.11 Å². The van der Waals surface area contributed by atoms with Gasteiger partial charge in [0.2, 0.25) is 0 Å². The third-order valence-corrected chi connectivity index (χ3v) is 5.48. The fourth-order valence-corrected chi connectivity index (χ4v) is 3.84. The smallest absolute Gasteiger partial charge is 0.255 e. The van der Waals surface area contributed by atoms with Crippen LogP contribution in [0.5, 0.6) is 5.75 Å². The molecule has 3 N–H and O–H groups in total. The molecular formula is C23H29N3O2S. The summed E-state index contributed by atoms with van der Waals surface area (Å²) in [4.78, 5) is 12.5. The van der Waals surface area contributed by atoms with Crippen molar-refractivity contribution < 1.29 is 9.53 Å². The molecule has 29 heavy (non-hydrogen) atoms. The summed E-state index contributed by atoms with van der Waals surface area (Å²) in [5.74, 6) is 1.27. The van der Waals surface area contributed by atoms with Gasteiger partial charge in [-0.25, -0.2) is 0 Å². The Morgan fingerprint density at radius 2 is 1.62 bits per heavy atom. The molecule has 1 fully saturated rings. The Morgan fingerprint density at radius 1 is 1.00 bits per heavy atom. The second-order valence-electron chi connectivity index (χ2n) is 7.46. The summed E-state index contributed by atoms with van der Waals surface area (Å²) in [6.45, 7) is 4.83. The zero-order chi connectivity index (χ0) is 20.6. The molecule has 1 saturated carbocycles. The molecule has 0 saturated heterocycles. The van der Waals surface area contributed by atoms with E-state index in [-0.39, 0.29) is 5.91 Å². The number of hydrogen-bond donors (Lipinski definition) is 3. The molecule has 154 valence electrons. The van der Waals surface area contributed by atoms with E-state index < -0.39 is 0 Å². The molecule has 2 aromatic rings. The van der Waals surface area contributed by atoms with E-state index in [1.54, 1.807) is 12.1 Å². The molecule has 2 aromatic carbocycles. The molecule has 0 spiro atoms. The highest BCUT2D eigenvalue weighted by Gasteiger charge is 2.21. The van der Waals surface area contributed by atoms with Crippen molar-refractivity contribution in [3.63, 3.8) is 0 Å². The van der Waals surface area contributed by atoms with Crippen molar-refractivity contribution in [2.75, 3.05) is 17.2 Å². The van der Waals surface area contributed by atoms with Gasteiger partial charge in [-0.2, -0.15) is 0 Å². The minimum absolute atomic E-state index is 0.155. The van der Waals surface area contributed by atoms with Crippen LogP contribution in [0.4, 0.5) is 11.4 Å². The summed E-state index contributed by atoms with van der Waals surface area (Å²) in [5.41, 5.74) is 2.18. The summed E-state index contributed by atoms with van der Waals surface area (Å²) in [6.07, 6.45) is 4.97. The molecule has 0 heterocycles. The molecule has 0 radical (unpaired) electrons. The zero-order valence-electron chi connectivity index (χ0n) is 17.0. The maximum Gasteiger partial charge on any atom is 0.255 e. The molecule has 6 heteroatoms. The molecule has 0 aliphatic heterocycles. The average Bonchev–Trinajstić information content (AvgIpc) is 2.72. The van der Waals surface area contributed by atoms with Gasteiger partial charge < -0.3 is 20.7 Å². The Bertz CT molecular complexity index is 821. The van der Waals surface area contributed by atoms with Crippen LogP contribution in [0.3, 0.4) is 0 Å². The van der Waals surface area contributed by atoms with Gasteiger partial charge in [0.05, 0.1) is 6.61 Å². The van der Waals surface area contributed by atoms with Crippen molar-refractivity contribution in [3.05, 3.63) is 54.1 Å². The molecule has 1 amide bonds. The fraction of sp³-hybridized carbons (Fsp3) is 0.391. The Morgan fingerprint density at radius 3 is 2.28 bits per heavy atom. The van der Waals surface area contributed by atoms with E-state index in [0.29, 0.717) is 29.2 Å². The number of carbonyl (C=O) groups excluding carboxylic acids is 1. The number of benzene rings is 2. The van der Waals surface area contributed by atoms with Gasteiger partial charge in [-0.15, -0.1) is 0 Å². The predicted octanol–water partition coefficient (Wildman–Crippen LogP) is 5.20. The Hall–Kier alpha value is -2.60. The van der Waals surface area contributed by atoms with Crippen molar-refractivity contribution in [1.29, 1.82) is 0 Å². The second-order valence-corrected chi connectivity index (χ2v) is 7.86. The first-order chi connectivity index (χ1) is 14.0. The topological polar surface area (TPSA) is 62.4 Å².